The Kier molecular flexibility index (Phi) is 2.73. The molecular weight excluding hydrogens is 192 g/mol. The highest BCUT2D eigenvalue weighted by molar-refractivity contribution is 7.10. The highest BCUT2D eigenvalue weighted by atomic mass is 32.1. The zero-order valence-electron chi connectivity index (χ0n) is 7.68. The van der Waals surface area contributed by atoms with Gasteiger partial charge in [-0.05, 0) is 11.4 Å². The third-order valence-corrected chi connectivity index (χ3v) is 3.13. The summed E-state index contributed by atoms with van der Waals surface area (Å²) in [5.74, 6) is -2.84. The number of hydrogen-bond donors (Lipinski definition) is 1. The third-order valence-electron chi connectivity index (χ3n) is 2.19. The van der Waals surface area contributed by atoms with Gasteiger partial charge in [-0.3, -0.25) is 0 Å². The molecule has 0 fully saturated rings. The first kappa shape index (κ1) is 10.6. The van der Waals surface area contributed by atoms with Crippen molar-refractivity contribution >= 4 is 11.3 Å². The number of rotatable bonds is 3. The number of hydrogen-bond acceptors (Lipinski definition) is 2. The summed E-state index contributed by atoms with van der Waals surface area (Å²) in [6.07, 6.45) is 0. The van der Waals surface area contributed by atoms with Crippen LogP contribution in [-0.4, -0.2) is 6.54 Å². The first-order chi connectivity index (χ1) is 5.92. The van der Waals surface area contributed by atoms with Gasteiger partial charge >= 0.3 is 0 Å². The van der Waals surface area contributed by atoms with E-state index >= 15 is 0 Å². The minimum atomic E-state index is -2.84. The third kappa shape index (κ3) is 1.74. The van der Waals surface area contributed by atoms with E-state index in [1.165, 1.54) is 19.9 Å². The molecule has 0 aliphatic heterocycles. The average molecular weight is 205 g/mol. The van der Waals surface area contributed by atoms with Crippen molar-refractivity contribution in [1.29, 1.82) is 0 Å². The molecule has 74 valence electrons. The van der Waals surface area contributed by atoms with Crippen LogP contribution < -0.4 is 5.73 Å². The number of nitrogens with two attached hydrogens (primary N) is 1. The Morgan fingerprint density at radius 2 is 2.08 bits per heavy atom. The number of halogens is 2. The Labute approximate surface area is 80.6 Å². The summed E-state index contributed by atoms with van der Waals surface area (Å²) in [4.78, 5) is 0.0861. The molecule has 1 aromatic heterocycles. The largest absolute Gasteiger partial charge is 0.330 e. The Morgan fingerprint density at radius 3 is 2.46 bits per heavy atom. The molecular formula is C9H13F2NS. The van der Waals surface area contributed by atoms with E-state index in [1.807, 2.05) is 0 Å². The second-order valence-corrected chi connectivity index (χ2v) is 4.59. The first-order valence-electron chi connectivity index (χ1n) is 4.03. The zero-order valence-corrected chi connectivity index (χ0v) is 8.50. The maximum atomic E-state index is 13.7. The topological polar surface area (TPSA) is 26.0 Å². The second-order valence-electron chi connectivity index (χ2n) is 3.64. The number of alkyl halides is 2. The van der Waals surface area contributed by atoms with Crippen molar-refractivity contribution in [3.8, 4) is 0 Å². The lowest BCUT2D eigenvalue weighted by molar-refractivity contribution is -0.105. The van der Waals surface area contributed by atoms with Gasteiger partial charge in [-0.15, -0.1) is 11.3 Å². The summed E-state index contributed by atoms with van der Waals surface area (Å²) in [6, 6.07) is 3.07. The van der Waals surface area contributed by atoms with Gasteiger partial charge in [-0.1, -0.05) is 19.9 Å². The van der Waals surface area contributed by atoms with Gasteiger partial charge < -0.3 is 5.73 Å². The van der Waals surface area contributed by atoms with Gasteiger partial charge in [-0.25, -0.2) is 0 Å². The van der Waals surface area contributed by atoms with Gasteiger partial charge in [0.2, 0.25) is 0 Å². The summed E-state index contributed by atoms with van der Waals surface area (Å²) in [5.41, 5.74) is 4.14. The van der Waals surface area contributed by atoms with Crippen LogP contribution >= 0.6 is 11.3 Å². The highest BCUT2D eigenvalue weighted by Crippen LogP contribution is 2.45. The van der Waals surface area contributed by atoms with Gasteiger partial charge in [0.25, 0.3) is 5.92 Å². The molecule has 0 aromatic carbocycles. The van der Waals surface area contributed by atoms with Crippen molar-refractivity contribution in [2.75, 3.05) is 6.54 Å². The monoisotopic (exact) mass is 205 g/mol. The minimum Gasteiger partial charge on any atom is -0.330 e. The Balaban J connectivity index is 3.02. The molecule has 0 radical (unpaired) electrons. The maximum absolute atomic E-state index is 13.7. The van der Waals surface area contributed by atoms with Crippen molar-refractivity contribution in [3.05, 3.63) is 22.4 Å². The fourth-order valence-corrected chi connectivity index (χ4v) is 1.80. The van der Waals surface area contributed by atoms with Crippen LogP contribution in [0.1, 0.15) is 18.7 Å². The van der Waals surface area contributed by atoms with Crippen molar-refractivity contribution in [3.63, 3.8) is 0 Å². The number of thiophene rings is 1. The Hall–Kier alpha value is -0.480. The summed E-state index contributed by atoms with van der Waals surface area (Å²) < 4.78 is 27.4. The lowest BCUT2D eigenvalue weighted by Crippen LogP contribution is -2.39. The van der Waals surface area contributed by atoms with Gasteiger partial charge in [-0.2, -0.15) is 8.78 Å². The van der Waals surface area contributed by atoms with Crippen molar-refractivity contribution in [2.24, 2.45) is 11.1 Å². The van der Waals surface area contributed by atoms with Gasteiger partial charge in [0, 0.05) is 12.0 Å². The molecule has 0 amide bonds. The Morgan fingerprint density at radius 1 is 1.46 bits per heavy atom. The van der Waals surface area contributed by atoms with Gasteiger partial charge in [0.05, 0.1) is 4.88 Å². The smallest absolute Gasteiger partial charge is 0.288 e. The predicted octanol–water partition coefficient (Wildman–Crippen LogP) is 2.82. The standard InChI is InChI=1S/C9H13F2NS/c1-8(2,6-12)9(10,11)7-4-3-5-13-7/h3-5H,6,12H2,1-2H3. The average Bonchev–Trinajstić information content (AvgIpc) is 2.56. The van der Waals surface area contributed by atoms with E-state index in [2.05, 4.69) is 0 Å². The van der Waals surface area contributed by atoms with Crippen LogP contribution in [0.2, 0.25) is 0 Å². The van der Waals surface area contributed by atoms with Crippen LogP contribution in [0, 0.1) is 5.41 Å². The quantitative estimate of drug-likeness (QED) is 0.806. The molecule has 0 saturated heterocycles. The van der Waals surface area contributed by atoms with Gasteiger partial charge in [0.15, 0.2) is 0 Å². The van der Waals surface area contributed by atoms with E-state index in [1.54, 1.807) is 11.4 Å². The SMILES string of the molecule is CC(C)(CN)C(F)(F)c1cccs1. The van der Waals surface area contributed by atoms with Crippen LogP contribution in [0.25, 0.3) is 0 Å². The van der Waals surface area contributed by atoms with Crippen LogP contribution in [0.3, 0.4) is 0 Å². The summed E-state index contributed by atoms with van der Waals surface area (Å²) in [6.45, 7) is 2.93. The lowest BCUT2D eigenvalue weighted by atomic mass is 9.85. The lowest BCUT2D eigenvalue weighted by Gasteiger charge is -2.31. The molecule has 1 rings (SSSR count). The first-order valence-corrected chi connectivity index (χ1v) is 4.91. The van der Waals surface area contributed by atoms with Crippen molar-refractivity contribution in [2.45, 2.75) is 19.8 Å². The summed E-state index contributed by atoms with van der Waals surface area (Å²) in [5, 5.41) is 1.65. The molecule has 2 N–H and O–H groups in total. The van der Waals surface area contributed by atoms with E-state index in [-0.39, 0.29) is 11.4 Å². The zero-order chi connectivity index (χ0) is 10.1. The van der Waals surface area contributed by atoms with Crippen LogP contribution in [0.5, 0.6) is 0 Å². The van der Waals surface area contributed by atoms with E-state index < -0.39 is 11.3 Å². The van der Waals surface area contributed by atoms with Crippen molar-refractivity contribution in [1.82, 2.24) is 0 Å². The molecule has 0 aliphatic rings. The van der Waals surface area contributed by atoms with E-state index in [0.717, 1.165) is 11.3 Å². The Bertz CT molecular complexity index is 267. The molecule has 0 unspecified atom stereocenters. The maximum Gasteiger partial charge on any atom is 0.288 e. The van der Waals surface area contributed by atoms with Gasteiger partial charge in [0.1, 0.15) is 0 Å². The molecule has 0 saturated carbocycles. The summed E-state index contributed by atoms with van der Waals surface area (Å²) in [7, 11) is 0. The molecule has 0 spiro atoms. The van der Waals surface area contributed by atoms with Crippen LogP contribution in [0.15, 0.2) is 17.5 Å². The molecule has 1 aromatic rings. The molecule has 4 heteroatoms. The molecule has 0 aliphatic carbocycles. The predicted molar refractivity (Wildman–Crippen MR) is 51.0 cm³/mol. The summed E-state index contributed by atoms with van der Waals surface area (Å²) >= 11 is 1.07. The van der Waals surface area contributed by atoms with E-state index in [9.17, 15) is 8.78 Å². The normalized spacial score (nSPS) is 13.3. The second kappa shape index (κ2) is 3.35. The highest BCUT2D eigenvalue weighted by Gasteiger charge is 2.47. The van der Waals surface area contributed by atoms with E-state index in [0.29, 0.717) is 0 Å². The molecule has 13 heavy (non-hydrogen) atoms. The molecule has 1 nitrogen and oxygen atoms in total. The minimum absolute atomic E-state index is 0.0299. The van der Waals surface area contributed by atoms with Crippen LogP contribution in [-0.2, 0) is 5.92 Å². The fourth-order valence-electron chi connectivity index (χ4n) is 0.919. The van der Waals surface area contributed by atoms with Crippen LogP contribution in [0.4, 0.5) is 8.78 Å². The van der Waals surface area contributed by atoms with Crippen molar-refractivity contribution < 1.29 is 8.78 Å². The van der Waals surface area contributed by atoms with E-state index in [4.69, 9.17) is 5.73 Å². The molecule has 0 atom stereocenters. The fraction of sp³-hybridized carbons (Fsp3) is 0.556. The molecule has 0 bridgehead atoms. The molecule has 1 heterocycles.